The maximum atomic E-state index is 5.35. The van der Waals surface area contributed by atoms with E-state index in [1.54, 1.807) is 7.05 Å². The van der Waals surface area contributed by atoms with E-state index in [9.17, 15) is 0 Å². The third-order valence-corrected chi connectivity index (χ3v) is 1.01. The topological polar surface area (TPSA) is 21.7 Å². The first-order valence-electron chi connectivity index (χ1n) is 2.92. The number of nitrogens with zero attached hydrogens (tertiary/aromatic N) is 1. The standard InChI is InChI=1S/C5H11Cl2NO2/c1-8(9-4-2-6)10-5-3-7/h2-5H2,1H3. The molecule has 0 fully saturated rings. The Bertz CT molecular complexity index is 66.7. The Kier molecular flexibility index (Phi) is 7.91. The van der Waals surface area contributed by atoms with Crippen molar-refractivity contribution in [2.45, 2.75) is 0 Å². The molecule has 5 heteroatoms. The molecule has 0 N–H and O–H groups in total. The maximum Gasteiger partial charge on any atom is 0.0847 e. The summed E-state index contributed by atoms with van der Waals surface area (Å²) in [6.07, 6.45) is 0. The van der Waals surface area contributed by atoms with Crippen molar-refractivity contribution < 1.29 is 9.68 Å². The molecule has 10 heavy (non-hydrogen) atoms. The minimum Gasteiger partial charge on any atom is -0.273 e. The van der Waals surface area contributed by atoms with Crippen molar-refractivity contribution >= 4 is 23.2 Å². The van der Waals surface area contributed by atoms with Gasteiger partial charge < -0.3 is 0 Å². The number of alkyl halides is 2. The summed E-state index contributed by atoms with van der Waals surface area (Å²) in [5.74, 6) is 0.906. The molecule has 0 aromatic carbocycles. The zero-order valence-corrected chi connectivity index (χ0v) is 7.36. The summed E-state index contributed by atoms with van der Waals surface area (Å²) in [5, 5.41) is 1.25. The molecule has 0 aliphatic heterocycles. The second-order valence-corrected chi connectivity index (χ2v) is 2.24. The van der Waals surface area contributed by atoms with E-state index in [0.29, 0.717) is 25.0 Å². The smallest absolute Gasteiger partial charge is 0.0847 e. The van der Waals surface area contributed by atoms with E-state index in [1.165, 1.54) is 5.23 Å². The Hall–Kier alpha value is 0.460. The van der Waals surface area contributed by atoms with E-state index >= 15 is 0 Å². The lowest BCUT2D eigenvalue weighted by atomic mass is 10.9. The Morgan fingerprint density at radius 1 is 1.10 bits per heavy atom. The van der Waals surface area contributed by atoms with Gasteiger partial charge in [-0.1, -0.05) is 5.23 Å². The van der Waals surface area contributed by atoms with Gasteiger partial charge in [0.25, 0.3) is 0 Å². The maximum absolute atomic E-state index is 5.35. The zero-order chi connectivity index (χ0) is 7.82. The number of hydrogen-bond acceptors (Lipinski definition) is 3. The van der Waals surface area contributed by atoms with Crippen molar-refractivity contribution in [2.75, 3.05) is 32.0 Å². The van der Waals surface area contributed by atoms with Gasteiger partial charge in [-0.3, -0.25) is 9.68 Å². The van der Waals surface area contributed by atoms with Crippen molar-refractivity contribution in [1.82, 2.24) is 5.23 Å². The van der Waals surface area contributed by atoms with Crippen LogP contribution in [-0.4, -0.2) is 37.2 Å². The highest BCUT2D eigenvalue weighted by molar-refractivity contribution is 6.18. The minimum absolute atomic E-state index is 0.445. The SMILES string of the molecule is CN(OCCCl)OCCCl. The van der Waals surface area contributed by atoms with Crippen molar-refractivity contribution in [2.24, 2.45) is 0 Å². The van der Waals surface area contributed by atoms with Crippen LogP contribution in [0.1, 0.15) is 0 Å². The molecule has 62 valence electrons. The number of hydroxylamine groups is 2. The second kappa shape index (κ2) is 7.57. The molecule has 0 aromatic rings. The van der Waals surface area contributed by atoms with Crippen LogP contribution >= 0.6 is 23.2 Å². The summed E-state index contributed by atoms with van der Waals surface area (Å²) in [6.45, 7) is 0.890. The Morgan fingerprint density at radius 2 is 1.50 bits per heavy atom. The van der Waals surface area contributed by atoms with E-state index in [0.717, 1.165) is 0 Å². The minimum atomic E-state index is 0.445. The summed E-state index contributed by atoms with van der Waals surface area (Å²) >= 11 is 10.7. The molecule has 0 saturated carbocycles. The first-order chi connectivity index (χ1) is 4.81. The molecule has 0 amide bonds. The lowest BCUT2D eigenvalue weighted by molar-refractivity contribution is -0.348. The van der Waals surface area contributed by atoms with Gasteiger partial charge in [-0.2, -0.15) is 0 Å². The summed E-state index contributed by atoms with van der Waals surface area (Å²) in [4.78, 5) is 9.83. The predicted octanol–water partition coefficient (Wildman–Crippen LogP) is 1.26. The number of halogens is 2. The quantitative estimate of drug-likeness (QED) is 0.462. The molecule has 0 aromatic heterocycles. The molecule has 0 atom stereocenters. The van der Waals surface area contributed by atoms with Gasteiger partial charge >= 0.3 is 0 Å². The van der Waals surface area contributed by atoms with E-state index in [-0.39, 0.29) is 0 Å². The van der Waals surface area contributed by atoms with Crippen LogP contribution in [0.2, 0.25) is 0 Å². The van der Waals surface area contributed by atoms with Gasteiger partial charge in [0.1, 0.15) is 0 Å². The van der Waals surface area contributed by atoms with Crippen LogP contribution < -0.4 is 0 Å². The van der Waals surface area contributed by atoms with Crippen LogP contribution in [0.5, 0.6) is 0 Å². The molecular weight excluding hydrogens is 177 g/mol. The first-order valence-corrected chi connectivity index (χ1v) is 3.99. The van der Waals surface area contributed by atoms with Crippen LogP contribution in [0.15, 0.2) is 0 Å². The van der Waals surface area contributed by atoms with Gasteiger partial charge in [0, 0.05) is 18.8 Å². The van der Waals surface area contributed by atoms with E-state index in [2.05, 4.69) is 0 Å². The average molecular weight is 188 g/mol. The summed E-state index contributed by atoms with van der Waals surface area (Å²) in [7, 11) is 1.65. The fourth-order valence-electron chi connectivity index (χ4n) is 0.363. The molecule has 0 heterocycles. The highest BCUT2D eigenvalue weighted by Gasteiger charge is 1.95. The van der Waals surface area contributed by atoms with Gasteiger partial charge in [0.05, 0.1) is 13.2 Å². The normalized spacial score (nSPS) is 10.8. The molecule has 0 rings (SSSR count). The third kappa shape index (κ3) is 6.58. The largest absolute Gasteiger partial charge is 0.273 e. The van der Waals surface area contributed by atoms with E-state index in [1.807, 2.05) is 0 Å². The summed E-state index contributed by atoms with van der Waals surface area (Å²) < 4.78 is 0. The highest BCUT2D eigenvalue weighted by atomic mass is 35.5. The lowest BCUT2D eigenvalue weighted by Gasteiger charge is -2.13. The fraction of sp³-hybridized carbons (Fsp3) is 1.00. The second-order valence-electron chi connectivity index (χ2n) is 1.48. The third-order valence-electron chi connectivity index (χ3n) is 0.700. The lowest BCUT2D eigenvalue weighted by Crippen LogP contribution is -2.21. The van der Waals surface area contributed by atoms with Gasteiger partial charge in [-0.05, 0) is 0 Å². The molecule has 0 bridgehead atoms. The van der Waals surface area contributed by atoms with Gasteiger partial charge in [-0.15, -0.1) is 23.2 Å². The van der Waals surface area contributed by atoms with E-state index < -0.39 is 0 Å². The van der Waals surface area contributed by atoms with Gasteiger partial charge in [-0.25, -0.2) is 0 Å². The van der Waals surface area contributed by atoms with Gasteiger partial charge in [0.2, 0.25) is 0 Å². The van der Waals surface area contributed by atoms with Gasteiger partial charge in [0.15, 0.2) is 0 Å². The average Bonchev–Trinajstić information content (AvgIpc) is 1.97. The molecule has 0 spiro atoms. The number of rotatable bonds is 6. The molecule has 3 nitrogen and oxygen atoms in total. The van der Waals surface area contributed by atoms with Crippen molar-refractivity contribution in [3.8, 4) is 0 Å². The summed E-state index contributed by atoms with van der Waals surface area (Å²) in [5.41, 5.74) is 0. The van der Waals surface area contributed by atoms with Crippen molar-refractivity contribution in [1.29, 1.82) is 0 Å². The van der Waals surface area contributed by atoms with Crippen LogP contribution in [0.4, 0.5) is 0 Å². The van der Waals surface area contributed by atoms with Crippen molar-refractivity contribution in [3.05, 3.63) is 0 Å². The van der Waals surface area contributed by atoms with Crippen LogP contribution in [0.25, 0.3) is 0 Å². The first kappa shape index (κ1) is 10.5. The molecule has 0 radical (unpaired) electrons. The Labute approximate surface area is 70.7 Å². The van der Waals surface area contributed by atoms with Crippen LogP contribution in [-0.2, 0) is 9.68 Å². The summed E-state index contributed by atoms with van der Waals surface area (Å²) in [6, 6.07) is 0. The Morgan fingerprint density at radius 3 is 1.80 bits per heavy atom. The molecular formula is C5H11Cl2NO2. The fourth-order valence-corrected chi connectivity index (χ4v) is 0.501. The molecule has 0 unspecified atom stereocenters. The highest BCUT2D eigenvalue weighted by Crippen LogP contribution is 1.89. The molecule has 0 saturated heterocycles. The zero-order valence-electron chi connectivity index (χ0n) is 5.85. The van der Waals surface area contributed by atoms with Crippen LogP contribution in [0.3, 0.4) is 0 Å². The van der Waals surface area contributed by atoms with Crippen molar-refractivity contribution in [3.63, 3.8) is 0 Å². The van der Waals surface area contributed by atoms with Crippen LogP contribution in [0, 0.1) is 0 Å². The predicted molar refractivity (Wildman–Crippen MR) is 41.1 cm³/mol. The monoisotopic (exact) mass is 187 g/mol. The molecule has 0 aliphatic carbocycles. The number of hydrogen-bond donors (Lipinski definition) is 0. The molecule has 0 aliphatic rings. The Balaban J connectivity index is 3.00. The van der Waals surface area contributed by atoms with E-state index in [4.69, 9.17) is 32.9 Å².